The van der Waals surface area contributed by atoms with E-state index in [9.17, 15) is 18.5 Å². The van der Waals surface area contributed by atoms with Crippen molar-refractivity contribution < 1.29 is 22.3 Å². The Labute approximate surface area is 143 Å². The van der Waals surface area contributed by atoms with Gasteiger partial charge in [0.05, 0.1) is 12.0 Å². The van der Waals surface area contributed by atoms with Crippen LogP contribution in [-0.2, 0) is 10.1 Å². The van der Waals surface area contributed by atoms with Crippen LogP contribution in [0.1, 0.15) is 0 Å². The van der Waals surface area contributed by atoms with Gasteiger partial charge in [0.25, 0.3) is 0 Å². The second kappa shape index (κ2) is 6.40. The quantitative estimate of drug-likeness (QED) is 0.393. The van der Waals surface area contributed by atoms with Gasteiger partial charge in [0.2, 0.25) is 0 Å². The molecule has 0 spiro atoms. The number of nitro groups is 1. The van der Waals surface area contributed by atoms with Crippen molar-refractivity contribution in [1.29, 1.82) is 0 Å². The molecular formula is C17H13NO6S. The molecule has 0 aliphatic carbocycles. The summed E-state index contributed by atoms with van der Waals surface area (Å²) in [5.74, 6) is 0.0897. The molecule has 0 aliphatic rings. The topological polar surface area (TPSA) is 95.7 Å². The lowest BCUT2D eigenvalue weighted by Crippen LogP contribution is -2.10. The van der Waals surface area contributed by atoms with Crippen LogP contribution in [0.25, 0.3) is 10.8 Å². The van der Waals surface area contributed by atoms with Crippen molar-refractivity contribution in [2.45, 2.75) is 4.90 Å². The first-order chi connectivity index (χ1) is 11.9. The van der Waals surface area contributed by atoms with Gasteiger partial charge in [-0.3, -0.25) is 10.1 Å². The first-order valence-corrected chi connectivity index (χ1v) is 8.57. The van der Waals surface area contributed by atoms with E-state index >= 15 is 0 Å². The summed E-state index contributed by atoms with van der Waals surface area (Å²) >= 11 is 0. The summed E-state index contributed by atoms with van der Waals surface area (Å²) < 4.78 is 34.8. The molecule has 7 nitrogen and oxygen atoms in total. The number of nitro benzene ring substituents is 1. The van der Waals surface area contributed by atoms with E-state index < -0.39 is 20.7 Å². The van der Waals surface area contributed by atoms with Crippen molar-refractivity contribution in [3.63, 3.8) is 0 Å². The fraction of sp³-hybridized carbons (Fsp3) is 0.0588. The molecule has 0 amide bonds. The molecular weight excluding hydrogens is 346 g/mol. The number of hydrogen-bond acceptors (Lipinski definition) is 6. The molecule has 0 aromatic heterocycles. The summed E-state index contributed by atoms with van der Waals surface area (Å²) in [6.45, 7) is 0. The first-order valence-electron chi connectivity index (χ1n) is 7.16. The van der Waals surface area contributed by atoms with Crippen molar-refractivity contribution in [1.82, 2.24) is 0 Å². The second-order valence-electron chi connectivity index (χ2n) is 5.14. The second-order valence-corrected chi connectivity index (χ2v) is 6.68. The van der Waals surface area contributed by atoms with Crippen LogP contribution in [0, 0.1) is 10.1 Å². The lowest BCUT2D eigenvalue weighted by molar-refractivity contribution is -0.386. The maximum atomic E-state index is 12.4. The lowest BCUT2D eigenvalue weighted by Gasteiger charge is -2.09. The third-order valence-corrected chi connectivity index (χ3v) is 4.81. The van der Waals surface area contributed by atoms with E-state index in [1.54, 1.807) is 12.1 Å². The summed E-state index contributed by atoms with van der Waals surface area (Å²) in [6.07, 6.45) is 0. The van der Waals surface area contributed by atoms with Crippen LogP contribution in [0.4, 0.5) is 5.69 Å². The van der Waals surface area contributed by atoms with Crippen molar-refractivity contribution >= 4 is 26.6 Å². The standard InChI is InChI=1S/C17H13NO6S/c1-23-17-9-8-15(11-16(17)18(19)20)25(21,22)24-14-7-6-12-4-2-3-5-13(12)10-14/h2-11H,1H3. The molecule has 3 aromatic rings. The molecule has 0 atom stereocenters. The molecule has 3 aromatic carbocycles. The molecule has 0 bridgehead atoms. The Morgan fingerprint density at radius 2 is 1.68 bits per heavy atom. The maximum Gasteiger partial charge on any atom is 0.339 e. The number of methoxy groups -OCH3 is 1. The van der Waals surface area contributed by atoms with Crippen LogP contribution in [-0.4, -0.2) is 20.5 Å². The molecule has 0 fully saturated rings. The predicted molar refractivity (Wildman–Crippen MR) is 91.4 cm³/mol. The van der Waals surface area contributed by atoms with Crippen LogP contribution in [0.3, 0.4) is 0 Å². The highest BCUT2D eigenvalue weighted by Gasteiger charge is 2.23. The number of rotatable bonds is 5. The molecule has 25 heavy (non-hydrogen) atoms. The first kappa shape index (κ1) is 16.7. The van der Waals surface area contributed by atoms with E-state index in [0.717, 1.165) is 16.8 Å². The monoisotopic (exact) mass is 359 g/mol. The third kappa shape index (κ3) is 3.38. The van der Waals surface area contributed by atoms with Crippen LogP contribution < -0.4 is 8.92 Å². The molecule has 0 N–H and O–H groups in total. The molecule has 0 heterocycles. The fourth-order valence-corrected chi connectivity index (χ4v) is 3.31. The highest BCUT2D eigenvalue weighted by Crippen LogP contribution is 2.31. The van der Waals surface area contributed by atoms with E-state index in [1.165, 1.54) is 25.3 Å². The van der Waals surface area contributed by atoms with Gasteiger partial charge in [-0.1, -0.05) is 30.3 Å². The number of benzene rings is 3. The number of fused-ring (bicyclic) bond motifs is 1. The summed E-state index contributed by atoms with van der Waals surface area (Å²) in [5, 5.41) is 12.8. The Balaban J connectivity index is 1.98. The molecule has 0 saturated carbocycles. The molecule has 0 unspecified atom stereocenters. The Hall–Kier alpha value is -3.13. The van der Waals surface area contributed by atoms with Gasteiger partial charge in [-0.15, -0.1) is 0 Å². The number of ether oxygens (including phenoxy) is 1. The van der Waals surface area contributed by atoms with Crippen molar-refractivity contribution in [2.75, 3.05) is 7.11 Å². The molecule has 3 rings (SSSR count). The molecule has 128 valence electrons. The molecule has 0 radical (unpaired) electrons. The smallest absolute Gasteiger partial charge is 0.339 e. The zero-order valence-corrected chi connectivity index (χ0v) is 13.9. The number of hydrogen-bond donors (Lipinski definition) is 0. The number of nitrogens with zero attached hydrogens (tertiary/aromatic N) is 1. The summed E-state index contributed by atoms with van der Waals surface area (Å²) in [5.41, 5.74) is -0.453. The Kier molecular flexibility index (Phi) is 4.28. The van der Waals surface area contributed by atoms with E-state index in [4.69, 9.17) is 8.92 Å². The normalized spacial score (nSPS) is 11.2. The van der Waals surface area contributed by atoms with Crippen molar-refractivity contribution in [3.8, 4) is 11.5 Å². The maximum absolute atomic E-state index is 12.4. The minimum Gasteiger partial charge on any atom is -0.490 e. The fourth-order valence-electron chi connectivity index (χ4n) is 2.36. The summed E-state index contributed by atoms with van der Waals surface area (Å²) in [4.78, 5) is 10.0. The Morgan fingerprint density at radius 1 is 0.960 bits per heavy atom. The lowest BCUT2D eigenvalue weighted by atomic mass is 10.1. The van der Waals surface area contributed by atoms with E-state index in [-0.39, 0.29) is 16.4 Å². The summed E-state index contributed by atoms with van der Waals surface area (Å²) in [6, 6.07) is 15.6. The average molecular weight is 359 g/mol. The Morgan fingerprint density at radius 3 is 2.36 bits per heavy atom. The SMILES string of the molecule is COc1ccc(S(=O)(=O)Oc2ccc3ccccc3c2)cc1[N+](=O)[O-]. The minimum absolute atomic E-state index is 0.0327. The van der Waals surface area contributed by atoms with Crippen LogP contribution in [0.2, 0.25) is 0 Å². The van der Waals surface area contributed by atoms with Gasteiger partial charge in [0.1, 0.15) is 10.6 Å². The van der Waals surface area contributed by atoms with Crippen LogP contribution in [0.15, 0.2) is 65.6 Å². The van der Waals surface area contributed by atoms with Gasteiger partial charge in [-0.2, -0.15) is 8.42 Å². The summed E-state index contributed by atoms with van der Waals surface area (Å²) in [7, 11) is -2.96. The van der Waals surface area contributed by atoms with Gasteiger partial charge in [0.15, 0.2) is 5.75 Å². The third-order valence-electron chi connectivity index (χ3n) is 3.56. The zero-order valence-electron chi connectivity index (χ0n) is 13.1. The van der Waals surface area contributed by atoms with Gasteiger partial charge in [-0.05, 0) is 35.0 Å². The average Bonchev–Trinajstić information content (AvgIpc) is 2.60. The van der Waals surface area contributed by atoms with Gasteiger partial charge in [0, 0.05) is 6.07 Å². The van der Waals surface area contributed by atoms with Crippen LogP contribution >= 0.6 is 0 Å². The van der Waals surface area contributed by atoms with Gasteiger partial charge < -0.3 is 8.92 Å². The van der Waals surface area contributed by atoms with Crippen molar-refractivity contribution in [2.24, 2.45) is 0 Å². The van der Waals surface area contributed by atoms with Gasteiger partial charge in [-0.25, -0.2) is 0 Å². The molecule has 8 heteroatoms. The predicted octanol–water partition coefficient (Wildman–Crippen LogP) is 3.52. The van der Waals surface area contributed by atoms with Gasteiger partial charge >= 0.3 is 15.8 Å². The van der Waals surface area contributed by atoms with E-state index in [2.05, 4.69) is 0 Å². The zero-order chi connectivity index (χ0) is 18.0. The van der Waals surface area contributed by atoms with E-state index in [0.29, 0.717) is 0 Å². The van der Waals surface area contributed by atoms with E-state index in [1.807, 2.05) is 24.3 Å². The molecule has 0 saturated heterocycles. The highest BCUT2D eigenvalue weighted by atomic mass is 32.2. The highest BCUT2D eigenvalue weighted by molar-refractivity contribution is 7.87. The largest absolute Gasteiger partial charge is 0.490 e. The Bertz CT molecular complexity index is 1060. The minimum atomic E-state index is -4.22. The van der Waals surface area contributed by atoms with Crippen LogP contribution in [0.5, 0.6) is 11.5 Å². The van der Waals surface area contributed by atoms with Crippen molar-refractivity contribution in [3.05, 3.63) is 70.8 Å². The molecule has 0 aliphatic heterocycles.